The Bertz CT molecular complexity index is 587. The lowest BCUT2D eigenvalue weighted by molar-refractivity contribution is 0.322. The molecule has 0 spiro atoms. The van der Waals surface area contributed by atoms with Gasteiger partial charge in [-0.15, -0.1) is 11.3 Å². The zero-order valence-corrected chi connectivity index (χ0v) is 14.1. The summed E-state index contributed by atoms with van der Waals surface area (Å²) in [5.74, 6) is 1.48. The van der Waals surface area contributed by atoms with Gasteiger partial charge in [0.05, 0.1) is 11.6 Å². The van der Waals surface area contributed by atoms with Crippen LogP contribution in [-0.2, 0) is 6.42 Å². The summed E-state index contributed by atoms with van der Waals surface area (Å²) in [6.07, 6.45) is 0.995. The lowest BCUT2D eigenvalue weighted by atomic mass is 10.3. The maximum absolute atomic E-state index is 6.03. The van der Waals surface area contributed by atoms with E-state index in [1.807, 2.05) is 24.3 Å². The molecule has 1 heterocycles. The Balaban J connectivity index is 1.63. The highest BCUT2D eigenvalue weighted by atomic mass is 35.5. The third-order valence-corrected chi connectivity index (χ3v) is 4.20. The van der Waals surface area contributed by atoms with Crippen molar-refractivity contribution in [2.45, 2.75) is 6.42 Å². The molecule has 0 saturated heterocycles. The van der Waals surface area contributed by atoms with Crippen molar-refractivity contribution in [2.24, 2.45) is 4.99 Å². The summed E-state index contributed by atoms with van der Waals surface area (Å²) in [6.45, 7) is 2.03. The molecule has 0 unspecified atom stereocenters. The molecule has 2 N–H and O–H groups in total. The van der Waals surface area contributed by atoms with Crippen LogP contribution in [0.15, 0.2) is 46.8 Å². The number of rotatable bonds is 7. The van der Waals surface area contributed by atoms with Gasteiger partial charge in [0.2, 0.25) is 0 Å². The van der Waals surface area contributed by atoms with Crippen LogP contribution in [0.25, 0.3) is 0 Å². The minimum Gasteiger partial charge on any atom is -0.490 e. The SMILES string of the molecule is CN=C(NCCOc1ccccc1Cl)NCCc1cccs1. The van der Waals surface area contributed by atoms with Gasteiger partial charge in [0.25, 0.3) is 0 Å². The molecule has 22 heavy (non-hydrogen) atoms. The molecule has 0 bridgehead atoms. The zero-order valence-electron chi connectivity index (χ0n) is 12.5. The maximum Gasteiger partial charge on any atom is 0.191 e. The highest BCUT2D eigenvalue weighted by Crippen LogP contribution is 2.22. The summed E-state index contributed by atoms with van der Waals surface area (Å²) in [4.78, 5) is 5.55. The fraction of sp³-hybridized carbons (Fsp3) is 0.312. The number of guanidine groups is 1. The number of nitrogens with zero attached hydrogens (tertiary/aromatic N) is 1. The minimum absolute atomic E-state index is 0.523. The molecule has 0 aliphatic heterocycles. The smallest absolute Gasteiger partial charge is 0.191 e. The van der Waals surface area contributed by atoms with Crippen LogP contribution in [0, 0.1) is 0 Å². The first-order valence-electron chi connectivity index (χ1n) is 7.14. The van der Waals surface area contributed by atoms with Crippen LogP contribution in [-0.4, -0.2) is 32.7 Å². The van der Waals surface area contributed by atoms with E-state index in [4.69, 9.17) is 16.3 Å². The fourth-order valence-corrected chi connectivity index (χ4v) is 2.77. The van der Waals surface area contributed by atoms with Gasteiger partial charge in [-0.05, 0) is 30.0 Å². The molecule has 0 fully saturated rings. The number of aliphatic imine (C=N–C) groups is 1. The summed E-state index contributed by atoms with van der Waals surface area (Å²) < 4.78 is 5.62. The third kappa shape index (κ3) is 5.58. The molecule has 0 atom stereocenters. The van der Waals surface area contributed by atoms with Crippen LogP contribution in [0.5, 0.6) is 5.75 Å². The van der Waals surface area contributed by atoms with E-state index in [1.54, 1.807) is 18.4 Å². The standard InChI is InChI=1S/C16H20ClN3OS/c1-18-16(19-9-8-13-5-4-12-22-13)20-10-11-21-15-7-3-2-6-14(15)17/h2-7,12H,8-11H2,1H3,(H2,18,19,20). The van der Waals surface area contributed by atoms with Crippen LogP contribution in [0.1, 0.15) is 4.88 Å². The number of benzene rings is 1. The molecule has 1 aromatic carbocycles. The van der Waals surface area contributed by atoms with Gasteiger partial charge in [0.15, 0.2) is 5.96 Å². The maximum atomic E-state index is 6.03. The van der Waals surface area contributed by atoms with Gasteiger partial charge in [-0.25, -0.2) is 0 Å². The quantitative estimate of drug-likeness (QED) is 0.463. The molecular weight excluding hydrogens is 318 g/mol. The van der Waals surface area contributed by atoms with Crippen LogP contribution in [0.2, 0.25) is 5.02 Å². The van der Waals surface area contributed by atoms with E-state index in [0.717, 1.165) is 18.9 Å². The normalized spacial score (nSPS) is 11.3. The first-order valence-corrected chi connectivity index (χ1v) is 8.39. The van der Waals surface area contributed by atoms with E-state index in [2.05, 4.69) is 33.1 Å². The van der Waals surface area contributed by atoms with Crippen LogP contribution < -0.4 is 15.4 Å². The Morgan fingerprint density at radius 1 is 1.18 bits per heavy atom. The van der Waals surface area contributed by atoms with Crippen LogP contribution in [0.3, 0.4) is 0 Å². The number of halogens is 1. The lowest BCUT2D eigenvalue weighted by Gasteiger charge is -2.12. The lowest BCUT2D eigenvalue weighted by Crippen LogP contribution is -2.40. The Labute approximate surface area is 140 Å². The summed E-state index contributed by atoms with van der Waals surface area (Å²) in [5.41, 5.74) is 0. The molecule has 0 aliphatic carbocycles. The second kappa shape index (κ2) is 9.33. The third-order valence-electron chi connectivity index (χ3n) is 2.96. The number of hydrogen-bond acceptors (Lipinski definition) is 3. The van der Waals surface area contributed by atoms with Crippen molar-refractivity contribution in [3.63, 3.8) is 0 Å². The first-order chi connectivity index (χ1) is 10.8. The van der Waals surface area contributed by atoms with Crippen molar-refractivity contribution in [2.75, 3.05) is 26.7 Å². The fourth-order valence-electron chi connectivity index (χ4n) is 1.87. The van der Waals surface area contributed by atoms with Gasteiger partial charge < -0.3 is 15.4 Å². The van der Waals surface area contributed by atoms with Crippen molar-refractivity contribution in [1.29, 1.82) is 0 Å². The predicted octanol–water partition coefficient (Wildman–Crippen LogP) is 3.19. The topological polar surface area (TPSA) is 45.7 Å². The van der Waals surface area contributed by atoms with Crippen molar-refractivity contribution in [1.82, 2.24) is 10.6 Å². The van der Waals surface area contributed by atoms with Gasteiger partial charge in [-0.2, -0.15) is 0 Å². The van der Waals surface area contributed by atoms with E-state index in [-0.39, 0.29) is 0 Å². The average molecular weight is 338 g/mol. The van der Waals surface area contributed by atoms with Crippen molar-refractivity contribution >= 4 is 28.9 Å². The molecular formula is C16H20ClN3OS. The minimum atomic E-state index is 0.523. The largest absolute Gasteiger partial charge is 0.490 e. The molecule has 0 radical (unpaired) electrons. The highest BCUT2D eigenvalue weighted by molar-refractivity contribution is 7.09. The molecule has 6 heteroatoms. The molecule has 0 saturated carbocycles. The second-order valence-electron chi connectivity index (χ2n) is 4.53. The molecule has 4 nitrogen and oxygen atoms in total. The molecule has 1 aromatic heterocycles. The Morgan fingerprint density at radius 2 is 2.00 bits per heavy atom. The van der Waals surface area contributed by atoms with Crippen molar-refractivity contribution in [3.05, 3.63) is 51.7 Å². The Hall–Kier alpha value is -1.72. The summed E-state index contributed by atoms with van der Waals surface area (Å²) in [6, 6.07) is 11.7. The first kappa shape index (κ1) is 16.6. The van der Waals surface area contributed by atoms with Crippen molar-refractivity contribution < 1.29 is 4.74 Å². The number of hydrogen-bond donors (Lipinski definition) is 2. The van der Waals surface area contributed by atoms with Gasteiger partial charge >= 0.3 is 0 Å². The number of nitrogens with one attached hydrogen (secondary N) is 2. The molecule has 0 aliphatic rings. The van der Waals surface area contributed by atoms with Crippen LogP contribution in [0.4, 0.5) is 0 Å². The molecule has 2 rings (SSSR count). The van der Waals surface area contributed by atoms with Gasteiger partial charge in [0.1, 0.15) is 12.4 Å². The number of ether oxygens (including phenoxy) is 1. The van der Waals surface area contributed by atoms with E-state index in [0.29, 0.717) is 23.9 Å². The van der Waals surface area contributed by atoms with E-state index in [1.165, 1.54) is 4.88 Å². The number of para-hydroxylation sites is 1. The average Bonchev–Trinajstić information content (AvgIpc) is 3.04. The van der Waals surface area contributed by atoms with Crippen molar-refractivity contribution in [3.8, 4) is 5.75 Å². The summed E-state index contributed by atoms with van der Waals surface area (Å²) in [7, 11) is 1.76. The van der Waals surface area contributed by atoms with Gasteiger partial charge in [-0.1, -0.05) is 29.8 Å². The highest BCUT2D eigenvalue weighted by Gasteiger charge is 2.01. The van der Waals surface area contributed by atoms with Gasteiger partial charge in [-0.3, -0.25) is 4.99 Å². The molecule has 118 valence electrons. The Morgan fingerprint density at radius 3 is 2.73 bits per heavy atom. The van der Waals surface area contributed by atoms with Crippen LogP contribution >= 0.6 is 22.9 Å². The Kier molecular flexibility index (Phi) is 7.06. The predicted molar refractivity (Wildman–Crippen MR) is 94.3 cm³/mol. The van der Waals surface area contributed by atoms with Gasteiger partial charge in [0, 0.05) is 18.5 Å². The molecule has 2 aromatic rings. The summed E-state index contributed by atoms with van der Waals surface area (Å²) >= 11 is 7.80. The summed E-state index contributed by atoms with van der Waals surface area (Å²) in [5, 5.41) is 9.21. The van der Waals surface area contributed by atoms with E-state index >= 15 is 0 Å². The second-order valence-corrected chi connectivity index (χ2v) is 5.97. The van der Waals surface area contributed by atoms with E-state index < -0.39 is 0 Å². The number of thiophene rings is 1. The monoisotopic (exact) mass is 337 g/mol. The van der Waals surface area contributed by atoms with E-state index in [9.17, 15) is 0 Å². The molecule has 0 amide bonds. The zero-order chi connectivity index (χ0) is 15.6.